The molecule has 0 unspecified atom stereocenters. The third-order valence-corrected chi connectivity index (χ3v) is 5.25. The summed E-state index contributed by atoms with van der Waals surface area (Å²) in [5.74, 6) is 1.09. The van der Waals surface area contributed by atoms with Crippen molar-refractivity contribution >= 4 is 11.6 Å². The molecule has 1 amide bonds. The fraction of sp³-hybridized carbons (Fsp3) is 0.273. The Kier molecular flexibility index (Phi) is 5.57. The number of fused-ring (bicyclic) bond motifs is 1. The summed E-state index contributed by atoms with van der Waals surface area (Å²) in [6, 6.07) is 9.25. The lowest BCUT2D eigenvalue weighted by molar-refractivity contribution is 0.0949. The molecule has 0 aliphatic rings. The van der Waals surface area contributed by atoms with Gasteiger partial charge >= 0.3 is 0 Å². The average molecular weight is 420 g/mol. The van der Waals surface area contributed by atoms with E-state index in [1.54, 1.807) is 41.9 Å². The molecule has 1 N–H and O–H groups in total. The summed E-state index contributed by atoms with van der Waals surface area (Å²) in [6.07, 6.45) is 4.14. The quantitative estimate of drug-likeness (QED) is 0.493. The van der Waals surface area contributed by atoms with Gasteiger partial charge in [-0.25, -0.2) is 9.50 Å². The number of rotatable bonds is 7. The maximum Gasteiger partial charge on any atom is 0.271 e. The lowest BCUT2D eigenvalue weighted by Gasteiger charge is -2.09. The van der Waals surface area contributed by atoms with Crippen molar-refractivity contribution in [2.75, 3.05) is 20.8 Å². The normalized spacial score (nSPS) is 11.0. The second-order valence-electron chi connectivity index (χ2n) is 7.09. The lowest BCUT2D eigenvalue weighted by atomic mass is 10.1. The molecule has 0 saturated heterocycles. The topological polar surface area (TPSA) is 95.6 Å². The molecule has 0 fully saturated rings. The van der Waals surface area contributed by atoms with E-state index in [1.807, 2.05) is 38.2 Å². The van der Waals surface area contributed by atoms with Crippen LogP contribution in [0.4, 0.5) is 0 Å². The van der Waals surface area contributed by atoms with Crippen LogP contribution in [0, 0.1) is 6.92 Å². The molecule has 0 bridgehead atoms. The van der Waals surface area contributed by atoms with Crippen LogP contribution in [0.3, 0.4) is 0 Å². The molecule has 4 aromatic rings. The Bertz CT molecular complexity index is 1240. The molecule has 0 saturated carbocycles. The molecular weight excluding hydrogens is 396 g/mol. The first-order valence-corrected chi connectivity index (χ1v) is 9.84. The zero-order valence-electron chi connectivity index (χ0n) is 17.9. The molecule has 0 aliphatic heterocycles. The molecule has 0 radical (unpaired) electrons. The summed E-state index contributed by atoms with van der Waals surface area (Å²) >= 11 is 0. The van der Waals surface area contributed by atoms with Gasteiger partial charge < -0.3 is 14.8 Å². The first kappa shape index (κ1) is 20.4. The maximum atomic E-state index is 12.7. The number of methoxy groups -OCH3 is 2. The van der Waals surface area contributed by atoms with E-state index < -0.39 is 0 Å². The number of carbonyl (C=O) groups excluding carboxylic acids is 1. The van der Waals surface area contributed by atoms with Crippen LogP contribution in [0.25, 0.3) is 16.9 Å². The highest BCUT2D eigenvalue weighted by Crippen LogP contribution is 2.27. The molecule has 0 aliphatic carbocycles. The monoisotopic (exact) mass is 420 g/mol. The van der Waals surface area contributed by atoms with Crippen molar-refractivity contribution in [3.63, 3.8) is 0 Å². The van der Waals surface area contributed by atoms with E-state index in [2.05, 4.69) is 20.5 Å². The van der Waals surface area contributed by atoms with Crippen molar-refractivity contribution in [3.05, 3.63) is 59.7 Å². The van der Waals surface area contributed by atoms with Crippen molar-refractivity contribution in [2.24, 2.45) is 7.05 Å². The van der Waals surface area contributed by atoms with Crippen LogP contribution in [-0.2, 0) is 13.5 Å². The van der Waals surface area contributed by atoms with Gasteiger partial charge in [0.05, 0.1) is 26.1 Å². The van der Waals surface area contributed by atoms with Crippen LogP contribution in [0.1, 0.15) is 21.7 Å². The van der Waals surface area contributed by atoms with Gasteiger partial charge in [0.1, 0.15) is 0 Å². The number of nitrogens with zero attached hydrogens (tertiary/aromatic N) is 5. The van der Waals surface area contributed by atoms with Crippen molar-refractivity contribution < 1.29 is 14.3 Å². The average Bonchev–Trinajstić information content (AvgIpc) is 3.37. The predicted octanol–water partition coefficient (Wildman–Crippen LogP) is 2.43. The van der Waals surface area contributed by atoms with Gasteiger partial charge in [-0.05, 0) is 37.1 Å². The lowest BCUT2D eigenvalue weighted by Crippen LogP contribution is -2.26. The highest BCUT2D eigenvalue weighted by molar-refractivity contribution is 5.93. The third kappa shape index (κ3) is 3.94. The second-order valence-corrected chi connectivity index (χ2v) is 7.09. The zero-order valence-corrected chi connectivity index (χ0v) is 17.9. The molecule has 9 heteroatoms. The molecule has 31 heavy (non-hydrogen) atoms. The van der Waals surface area contributed by atoms with Crippen LogP contribution >= 0.6 is 0 Å². The smallest absolute Gasteiger partial charge is 0.271 e. The molecule has 9 nitrogen and oxygen atoms in total. The van der Waals surface area contributed by atoms with Gasteiger partial charge in [-0.3, -0.25) is 9.48 Å². The summed E-state index contributed by atoms with van der Waals surface area (Å²) in [7, 11) is 5.09. The molecule has 3 aromatic heterocycles. The fourth-order valence-corrected chi connectivity index (χ4v) is 3.41. The van der Waals surface area contributed by atoms with Gasteiger partial charge in [-0.1, -0.05) is 6.07 Å². The van der Waals surface area contributed by atoms with Crippen LogP contribution < -0.4 is 14.8 Å². The van der Waals surface area contributed by atoms with Gasteiger partial charge in [-0.15, -0.1) is 0 Å². The minimum atomic E-state index is -0.250. The van der Waals surface area contributed by atoms with Gasteiger partial charge in [0.25, 0.3) is 5.91 Å². The van der Waals surface area contributed by atoms with Crippen LogP contribution in [0.15, 0.2) is 42.7 Å². The molecule has 3 heterocycles. The molecule has 160 valence electrons. The van der Waals surface area contributed by atoms with Gasteiger partial charge in [0.15, 0.2) is 22.8 Å². The van der Waals surface area contributed by atoms with Crippen LogP contribution in [0.5, 0.6) is 11.5 Å². The van der Waals surface area contributed by atoms with Crippen LogP contribution in [-0.4, -0.2) is 51.1 Å². The largest absolute Gasteiger partial charge is 0.493 e. The summed E-state index contributed by atoms with van der Waals surface area (Å²) in [5, 5.41) is 11.7. The number of benzene rings is 1. The number of aromatic nitrogens is 5. The third-order valence-electron chi connectivity index (χ3n) is 5.25. The minimum absolute atomic E-state index is 0.250. The Morgan fingerprint density at radius 3 is 2.65 bits per heavy atom. The Morgan fingerprint density at radius 1 is 1.13 bits per heavy atom. The summed E-state index contributed by atoms with van der Waals surface area (Å²) < 4.78 is 14.1. The SMILES string of the molecule is COc1ccc(CCNC(=O)c2cc3nccc(-c4cnn(C)c4C)n3n2)cc1OC. The Balaban J connectivity index is 1.49. The number of carbonyl (C=O) groups is 1. The van der Waals surface area contributed by atoms with E-state index in [1.165, 1.54) is 0 Å². The number of amides is 1. The predicted molar refractivity (Wildman–Crippen MR) is 116 cm³/mol. The number of hydrogen-bond donors (Lipinski definition) is 1. The first-order chi connectivity index (χ1) is 15.0. The second kappa shape index (κ2) is 8.47. The molecular formula is C22H24N6O3. The number of hydrogen-bond acceptors (Lipinski definition) is 6. The highest BCUT2D eigenvalue weighted by atomic mass is 16.5. The summed E-state index contributed by atoms with van der Waals surface area (Å²) in [4.78, 5) is 17.0. The van der Waals surface area contributed by atoms with Crippen molar-refractivity contribution in [1.82, 2.24) is 29.7 Å². The van der Waals surface area contributed by atoms with E-state index in [0.717, 1.165) is 22.5 Å². The zero-order chi connectivity index (χ0) is 22.0. The van der Waals surface area contributed by atoms with E-state index in [9.17, 15) is 4.79 Å². The number of nitrogens with one attached hydrogen (secondary N) is 1. The maximum absolute atomic E-state index is 12.7. The Labute approximate surface area is 179 Å². The molecule has 0 spiro atoms. The van der Waals surface area contributed by atoms with E-state index in [-0.39, 0.29) is 5.91 Å². The standard InChI is InChI=1S/C22H24N6O3/c1-14-16(13-25-27(14)2)18-8-10-23-21-12-17(26-28(18)21)22(29)24-9-7-15-5-6-19(30-3)20(11-15)31-4/h5-6,8,10-13H,7,9H2,1-4H3,(H,24,29). The Morgan fingerprint density at radius 2 is 1.94 bits per heavy atom. The van der Waals surface area contributed by atoms with E-state index >= 15 is 0 Å². The van der Waals surface area contributed by atoms with E-state index in [0.29, 0.717) is 35.8 Å². The minimum Gasteiger partial charge on any atom is -0.493 e. The number of ether oxygens (including phenoxy) is 2. The van der Waals surface area contributed by atoms with Gasteiger partial charge in [-0.2, -0.15) is 10.2 Å². The van der Waals surface area contributed by atoms with Gasteiger partial charge in [0, 0.05) is 37.1 Å². The summed E-state index contributed by atoms with van der Waals surface area (Å²) in [6.45, 7) is 2.45. The van der Waals surface area contributed by atoms with E-state index in [4.69, 9.17) is 9.47 Å². The van der Waals surface area contributed by atoms with Gasteiger partial charge in [0.2, 0.25) is 0 Å². The first-order valence-electron chi connectivity index (χ1n) is 9.84. The molecule has 1 aromatic carbocycles. The van der Waals surface area contributed by atoms with Crippen LogP contribution in [0.2, 0.25) is 0 Å². The molecule has 4 rings (SSSR count). The van der Waals surface area contributed by atoms with Crippen molar-refractivity contribution in [2.45, 2.75) is 13.3 Å². The Hall–Kier alpha value is -3.88. The van der Waals surface area contributed by atoms with Crippen molar-refractivity contribution in [3.8, 4) is 22.8 Å². The van der Waals surface area contributed by atoms with Crippen molar-refractivity contribution in [1.29, 1.82) is 0 Å². The number of aryl methyl sites for hydroxylation is 1. The summed E-state index contributed by atoms with van der Waals surface area (Å²) in [5.41, 5.74) is 4.73. The molecule has 0 atom stereocenters. The fourth-order valence-electron chi connectivity index (χ4n) is 3.41. The highest BCUT2D eigenvalue weighted by Gasteiger charge is 2.16.